The van der Waals surface area contributed by atoms with E-state index in [4.69, 9.17) is 14.2 Å². The van der Waals surface area contributed by atoms with Crippen molar-refractivity contribution in [3.63, 3.8) is 0 Å². The van der Waals surface area contributed by atoms with Crippen LogP contribution >= 0.6 is 0 Å². The first-order valence-corrected chi connectivity index (χ1v) is 10.0. The molecule has 1 amide bonds. The first kappa shape index (κ1) is 25.0. The van der Waals surface area contributed by atoms with Crippen molar-refractivity contribution in [2.24, 2.45) is 0 Å². The molecule has 10 heteroatoms. The number of aliphatic hydroxyl groups is 3. The van der Waals surface area contributed by atoms with Crippen LogP contribution in [0.3, 0.4) is 0 Å². The van der Waals surface area contributed by atoms with E-state index in [1.807, 2.05) is 13.8 Å². The zero-order chi connectivity index (χ0) is 23.3. The number of carboxylic acid groups (broad SMARTS) is 1. The molecule has 1 saturated heterocycles. The van der Waals surface area contributed by atoms with E-state index in [2.05, 4.69) is 5.32 Å². The predicted octanol–water partition coefficient (Wildman–Crippen LogP) is -0.00760. The number of methoxy groups -OCH3 is 1. The van der Waals surface area contributed by atoms with Crippen LogP contribution in [-0.4, -0.2) is 82.3 Å². The number of benzene rings is 1. The van der Waals surface area contributed by atoms with Gasteiger partial charge in [0.1, 0.15) is 24.1 Å². The third kappa shape index (κ3) is 5.72. The van der Waals surface area contributed by atoms with Crippen molar-refractivity contribution in [2.75, 3.05) is 13.7 Å². The van der Waals surface area contributed by atoms with E-state index in [1.165, 1.54) is 14.0 Å². The van der Waals surface area contributed by atoms with Crippen LogP contribution in [0.25, 0.3) is 0 Å². The number of carbonyl (C=O) groups is 2. The average molecular weight is 441 g/mol. The fraction of sp³-hybridized carbons (Fsp3) is 0.619. The van der Waals surface area contributed by atoms with Crippen molar-refractivity contribution in [1.29, 1.82) is 0 Å². The number of carboxylic acids is 1. The lowest BCUT2D eigenvalue weighted by Crippen LogP contribution is -2.69. The highest BCUT2D eigenvalue weighted by Crippen LogP contribution is 2.36. The summed E-state index contributed by atoms with van der Waals surface area (Å²) in [6.07, 6.45) is -6.07. The highest BCUT2D eigenvalue weighted by molar-refractivity contribution is 5.77. The van der Waals surface area contributed by atoms with Gasteiger partial charge in [-0.1, -0.05) is 26.0 Å². The Bertz CT molecular complexity index is 754. The molecule has 1 aromatic carbocycles. The summed E-state index contributed by atoms with van der Waals surface area (Å²) in [6.45, 7) is 4.47. The van der Waals surface area contributed by atoms with Crippen LogP contribution in [0.2, 0.25) is 0 Å². The lowest BCUT2D eigenvalue weighted by atomic mass is 9.88. The fourth-order valence-electron chi connectivity index (χ4n) is 3.55. The smallest absolute Gasteiger partial charge is 0.377 e. The largest absolute Gasteiger partial charge is 0.476 e. The zero-order valence-corrected chi connectivity index (χ0v) is 18.0. The second-order valence-corrected chi connectivity index (χ2v) is 7.91. The Morgan fingerprint density at radius 1 is 1.26 bits per heavy atom. The van der Waals surface area contributed by atoms with Gasteiger partial charge >= 0.3 is 11.8 Å². The SMILES string of the molecule is CO[C@@H]1C[C@@](Oc2ccc(C(C)C)cc2)(C(=O)O)OC([C@H](O)[C@H](O)CO)[C@@H]1NC(C)=O. The molecule has 1 aliphatic heterocycles. The molecule has 0 aliphatic carbocycles. The molecule has 10 nitrogen and oxygen atoms in total. The molecule has 0 bridgehead atoms. The van der Waals surface area contributed by atoms with E-state index >= 15 is 0 Å². The second-order valence-electron chi connectivity index (χ2n) is 7.91. The molecule has 2 rings (SSSR count). The van der Waals surface area contributed by atoms with Gasteiger partial charge in [-0.3, -0.25) is 4.79 Å². The lowest BCUT2D eigenvalue weighted by molar-refractivity contribution is -0.286. The van der Waals surface area contributed by atoms with Crippen LogP contribution in [0, 0.1) is 0 Å². The third-order valence-corrected chi connectivity index (χ3v) is 5.30. The summed E-state index contributed by atoms with van der Waals surface area (Å²) in [4.78, 5) is 24.0. The molecule has 1 heterocycles. The van der Waals surface area contributed by atoms with E-state index in [-0.39, 0.29) is 18.1 Å². The van der Waals surface area contributed by atoms with Gasteiger partial charge in [0.05, 0.1) is 25.2 Å². The number of rotatable bonds is 9. The van der Waals surface area contributed by atoms with E-state index in [1.54, 1.807) is 24.3 Å². The first-order valence-electron chi connectivity index (χ1n) is 10.0. The van der Waals surface area contributed by atoms with Gasteiger partial charge in [0, 0.05) is 14.0 Å². The first-order chi connectivity index (χ1) is 14.5. The topological polar surface area (TPSA) is 155 Å². The van der Waals surface area contributed by atoms with Crippen LogP contribution in [-0.2, 0) is 19.1 Å². The van der Waals surface area contributed by atoms with Crippen molar-refractivity contribution in [3.8, 4) is 5.75 Å². The van der Waals surface area contributed by atoms with Gasteiger partial charge in [-0.25, -0.2) is 4.79 Å². The summed E-state index contributed by atoms with van der Waals surface area (Å²) < 4.78 is 16.9. The number of nitrogens with one attached hydrogen (secondary N) is 1. The summed E-state index contributed by atoms with van der Waals surface area (Å²) >= 11 is 0. The summed E-state index contributed by atoms with van der Waals surface area (Å²) in [6, 6.07) is 5.82. The minimum atomic E-state index is -2.27. The monoisotopic (exact) mass is 441 g/mol. The fourth-order valence-corrected chi connectivity index (χ4v) is 3.55. The number of amides is 1. The van der Waals surface area contributed by atoms with Crippen molar-refractivity contribution in [1.82, 2.24) is 5.32 Å². The maximum Gasteiger partial charge on any atom is 0.377 e. The Morgan fingerprint density at radius 2 is 1.87 bits per heavy atom. The Balaban J connectivity index is 2.44. The van der Waals surface area contributed by atoms with Gasteiger partial charge in [-0.05, 0) is 23.6 Å². The van der Waals surface area contributed by atoms with Crippen molar-refractivity contribution < 1.29 is 44.2 Å². The second kappa shape index (κ2) is 10.4. The molecule has 1 aliphatic rings. The van der Waals surface area contributed by atoms with Gasteiger partial charge in [0.25, 0.3) is 0 Å². The van der Waals surface area contributed by atoms with E-state index in [0.29, 0.717) is 0 Å². The number of carbonyl (C=O) groups excluding carboxylic acids is 1. The minimum absolute atomic E-state index is 0.218. The summed E-state index contributed by atoms with van der Waals surface area (Å²) in [5.41, 5.74) is 1.03. The number of ether oxygens (including phenoxy) is 3. The van der Waals surface area contributed by atoms with Crippen molar-refractivity contribution >= 4 is 11.9 Å². The van der Waals surface area contributed by atoms with Crippen molar-refractivity contribution in [3.05, 3.63) is 29.8 Å². The number of hydrogen-bond donors (Lipinski definition) is 5. The van der Waals surface area contributed by atoms with Crippen molar-refractivity contribution in [2.45, 2.75) is 69.4 Å². The molecular formula is C21H31NO9. The molecule has 1 aromatic rings. The maximum atomic E-state index is 12.3. The van der Waals surface area contributed by atoms with Crippen LogP contribution in [0.1, 0.15) is 38.7 Å². The Labute approximate surface area is 180 Å². The summed E-state index contributed by atoms with van der Waals surface area (Å²) in [5, 5.41) is 42.3. The molecule has 0 radical (unpaired) electrons. The van der Waals surface area contributed by atoms with E-state index in [0.717, 1.165) is 5.56 Å². The molecule has 1 unspecified atom stereocenters. The highest BCUT2D eigenvalue weighted by Gasteiger charge is 2.57. The third-order valence-electron chi connectivity index (χ3n) is 5.30. The Morgan fingerprint density at radius 3 is 2.32 bits per heavy atom. The molecular weight excluding hydrogens is 410 g/mol. The molecule has 31 heavy (non-hydrogen) atoms. The predicted molar refractivity (Wildman–Crippen MR) is 109 cm³/mol. The van der Waals surface area contributed by atoms with Gasteiger partial charge in [0.15, 0.2) is 0 Å². The van der Waals surface area contributed by atoms with Crippen LogP contribution in [0.4, 0.5) is 0 Å². The van der Waals surface area contributed by atoms with Crippen LogP contribution in [0.5, 0.6) is 5.75 Å². The van der Waals surface area contributed by atoms with Gasteiger partial charge < -0.3 is 40.0 Å². The Kier molecular flexibility index (Phi) is 8.38. The van der Waals surface area contributed by atoms with E-state index in [9.17, 15) is 30.0 Å². The van der Waals surface area contributed by atoms with Crippen LogP contribution < -0.4 is 10.1 Å². The normalized spacial score (nSPS) is 28.1. The number of aliphatic hydroxyl groups excluding tert-OH is 3. The number of aliphatic carboxylic acids is 1. The highest BCUT2D eigenvalue weighted by atomic mass is 16.7. The zero-order valence-electron chi connectivity index (χ0n) is 18.0. The minimum Gasteiger partial charge on any atom is -0.476 e. The van der Waals surface area contributed by atoms with Gasteiger partial charge in [-0.15, -0.1) is 0 Å². The lowest BCUT2D eigenvalue weighted by Gasteiger charge is -2.47. The molecule has 0 saturated carbocycles. The number of hydrogen-bond acceptors (Lipinski definition) is 8. The molecule has 174 valence electrons. The molecule has 0 spiro atoms. The molecule has 0 aromatic heterocycles. The summed E-state index contributed by atoms with van der Waals surface area (Å²) in [5.74, 6) is -3.73. The van der Waals surface area contributed by atoms with Gasteiger partial charge in [0.2, 0.25) is 5.91 Å². The van der Waals surface area contributed by atoms with Crippen LogP contribution in [0.15, 0.2) is 24.3 Å². The quantitative estimate of drug-likeness (QED) is 0.356. The maximum absolute atomic E-state index is 12.3. The molecule has 6 atom stereocenters. The molecule has 5 N–H and O–H groups in total. The van der Waals surface area contributed by atoms with Gasteiger partial charge in [-0.2, -0.15) is 0 Å². The average Bonchev–Trinajstić information content (AvgIpc) is 2.73. The summed E-state index contributed by atoms with van der Waals surface area (Å²) in [7, 11) is 1.32. The molecule has 1 fully saturated rings. The Hall–Kier alpha value is -2.24. The van der Waals surface area contributed by atoms with E-state index < -0.39 is 54.7 Å². The standard InChI is InChI=1S/C21H31NO9/c1-11(2)13-5-7-14(8-6-13)30-21(20(27)28)9-16(29-4)17(22-12(3)24)19(31-21)18(26)15(25)10-23/h5-8,11,15-19,23,25-26H,9-10H2,1-4H3,(H,22,24)(H,27,28)/t15-,16-,17-,18-,19?,21+/m1/s1.